The van der Waals surface area contributed by atoms with Crippen molar-refractivity contribution in [2.45, 2.75) is 6.54 Å². The highest BCUT2D eigenvalue weighted by molar-refractivity contribution is 5.88. The first-order chi connectivity index (χ1) is 15.7. The van der Waals surface area contributed by atoms with E-state index in [1.807, 2.05) is 12.1 Å². The van der Waals surface area contributed by atoms with Gasteiger partial charge in [0.1, 0.15) is 17.2 Å². The molecular weight excluding hydrogens is 412 g/mol. The molecule has 4 aromatic rings. The van der Waals surface area contributed by atoms with E-state index in [9.17, 15) is 8.78 Å². The molecule has 0 amide bonds. The summed E-state index contributed by atoms with van der Waals surface area (Å²) in [6, 6.07) is 16.3. The smallest absolute Gasteiger partial charge is 0.225 e. The molecule has 2 aromatic heterocycles. The number of halogens is 2. The Morgan fingerprint density at radius 1 is 0.812 bits per heavy atom. The predicted octanol–water partition coefficient (Wildman–Crippen LogP) is 4.42. The van der Waals surface area contributed by atoms with Gasteiger partial charge >= 0.3 is 0 Å². The zero-order valence-electron chi connectivity index (χ0n) is 17.3. The van der Waals surface area contributed by atoms with Crippen LogP contribution in [-0.2, 0) is 11.3 Å². The third kappa shape index (κ3) is 4.36. The second-order valence-electron chi connectivity index (χ2n) is 7.52. The van der Waals surface area contributed by atoms with Crippen LogP contribution in [0.2, 0.25) is 0 Å². The molecule has 1 N–H and O–H groups in total. The van der Waals surface area contributed by atoms with Crippen LogP contribution in [0.4, 0.5) is 20.5 Å². The fourth-order valence-electron chi connectivity index (χ4n) is 3.64. The summed E-state index contributed by atoms with van der Waals surface area (Å²) in [5, 5.41) is 3.23. The first-order valence-electron chi connectivity index (χ1n) is 10.4. The van der Waals surface area contributed by atoms with Crippen LogP contribution in [0.25, 0.3) is 22.3 Å². The zero-order chi connectivity index (χ0) is 21.9. The lowest BCUT2D eigenvalue weighted by Crippen LogP contribution is -2.37. The number of rotatable bonds is 5. The third-order valence-electron chi connectivity index (χ3n) is 5.34. The van der Waals surface area contributed by atoms with Crippen molar-refractivity contribution >= 4 is 22.8 Å². The SMILES string of the molecule is Fc1ccc(CNc2nc(N3CCOCC3)c3nc(-c4ccc(F)cc4)ccc3n2)cc1. The Hall–Kier alpha value is -3.65. The molecule has 162 valence electrons. The number of nitrogens with one attached hydrogen (secondary N) is 1. The van der Waals surface area contributed by atoms with E-state index < -0.39 is 0 Å². The fraction of sp³-hybridized carbons (Fsp3) is 0.208. The van der Waals surface area contributed by atoms with Crippen LogP contribution in [0, 0.1) is 11.6 Å². The van der Waals surface area contributed by atoms with Crippen LogP contribution in [0.3, 0.4) is 0 Å². The van der Waals surface area contributed by atoms with Crippen molar-refractivity contribution in [1.29, 1.82) is 0 Å². The molecule has 0 bridgehead atoms. The highest BCUT2D eigenvalue weighted by atomic mass is 19.1. The van der Waals surface area contributed by atoms with Gasteiger partial charge in [0, 0.05) is 25.2 Å². The summed E-state index contributed by atoms with van der Waals surface area (Å²) in [5.74, 6) is 0.639. The van der Waals surface area contributed by atoms with Gasteiger partial charge in [-0.3, -0.25) is 0 Å². The highest BCUT2D eigenvalue weighted by Gasteiger charge is 2.19. The molecule has 1 fully saturated rings. The summed E-state index contributed by atoms with van der Waals surface area (Å²) in [7, 11) is 0. The normalized spacial score (nSPS) is 14.0. The molecule has 1 aliphatic rings. The van der Waals surface area contributed by atoms with Crippen LogP contribution in [0.1, 0.15) is 5.56 Å². The van der Waals surface area contributed by atoms with Crippen LogP contribution >= 0.6 is 0 Å². The van der Waals surface area contributed by atoms with Crippen molar-refractivity contribution in [1.82, 2.24) is 15.0 Å². The molecule has 1 saturated heterocycles. The fourth-order valence-corrected chi connectivity index (χ4v) is 3.64. The number of hydrogen-bond donors (Lipinski definition) is 1. The molecule has 0 saturated carbocycles. The van der Waals surface area contributed by atoms with Crippen molar-refractivity contribution < 1.29 is 13.5 Å². The van der Waals surface area contributed by atoms with Crippen LogP contribution in [-0.4, -0.2) is 41.3 Å². The Labute approximate surface area is 183 Å². The first kappa shape index (κ1) is 20.3. The number of hydrogen-bond acceptors (Lipinski definition) is 6. The lowest BCUT2D eigenvalue weighted by molar-refractivity contribution is 0.122. The van der Waals surface area contributed by atoms with Gasteiger partial charge in [-0.05, 0) is 54.1 Å². The molecule has 2 aromatic carbocycles. The third-order valence-corrected chi connectivity index (χ3v) is 5.34. The number of ether oxygens (including phenoxy) is 1. The summed E-state index contributed by atoms with van der Waals surface area (Å²) in [5.41, 5.74) is 3.85. The van der Waals surface area contributed by atoms with Crippen molar-refractivity contribution in [3.8, 4) is 11.3 Å². The largest absolute Gasteiger partial charge is 0.378 e. The summed E-state index contributed by atoms with van der Waals surface area (Å²) < 4.78 is 32.0. The van der Waals surface area contributed by atoms with E-state index in [1.165, 1.54) is 24.3 Å². The van der Waals surface area contributed by atoms with Crippen molar-refractivity contribution in [2.24, 2.45) is 0 Å². The molecule has 32 heavy (non-hydrogen) atoms. The van der Waals surface area contributed by atoms with Gasteiger partial charge in [-0.25, -0.2) is 18.7 Å². The maximum absolute atomic E-state index is 13.3. The topological polar surface area (TPSA) is 63.2 Å². The number of nitrogens with zero attached hydrogens (tertiary/aromatic N) is 4. The van der Waals surface area contributed by atoms with Crippen LogP contribution in [0.15, 0.2) is 60.7 Å². The van der Waals surface area contributed by atoms with E-state index in [2.05, 4.69) is 15.2 Å². The summed E-state index contributed by atoms with van der Waals surface area (Å²) in [4.78, 5) is 16.4. The van der Waals surface area contributed by atoms with Gasteiger partial charge in [0.2, 0.25) is 5.95 Å². The molecular formula is C24H21F2N5O. The Morgan fingerprint density at radius 2 is 1.50 bits per heavy atom. The Bertz CT molecular complexity index is 1230. The Balaban J connectivity index is 1.52. The molecule has 0 radical (unpaired) electrons. The maximum Gasteiger partial charge on any atom is 0.225 e. The highest BCUT2D eigenvalue weighted by Crippen LogP contribution is 2.28. The second-order valence-corrected chi connectivity index (χ2v) is 7.52. The maximum atomic E-state index is 13.3. The van der Waals surface area contributed by atoms with Gasteiger partial charge in [-0.2, -0.15) is 4.98 Å². The Morgan fingerprint density at radius 3 is 2.22 bits per heavy atom. The summed E-state index contributed by atoms with van der Waals surface area (Å²) in [6.07, 6.45) is 0. The standard InChI is InChI=1S/C24H21F2N5O/c25-18-5-1-16(2-6-18)15-27-24-29-21-10-9-20(17-3-7-19(26)8-4-17)28-22(21)23(30-24)31-11-13-32-14-12-31/h1-10H,11-15H2,(H,27,29,30). The number of morpholine rings is 1. The molecule has 0 atom stereocenters. The molecule has 0 unspecified atom stereocenters. The second kappa shape index (κ2) is 8.84. The predicted molar refractivity (Wildman–Crippen MR) is 119 cm³/mol. The molecule has 5 rings (SSSR count). The number of aromatic nitrogens is 3. The average Bonchev–Trinajstić information content (AvgIpc) is 2.84. The first-order valence-corrected chi connectivity index (χ1v) is 10.4. The monoisotopic (exact) mass is 433 g/mol. The molecule has 1 aliphatic heterocycles. The average molecular weight is 433 g/mol. The van der Waals surface area contributed by atoms with Crippen LogP contribution < -0.4 is 10.2 Å². The number of benzene rings is 2. The number of pyridine rings is 1. The lowest BCUT2D eigenvalue weighted by Gasteiger charge is -2.28. The number of fused-ring (bicyclic) bond motifs is 1. The quantitative estimate of drug-likeness (QED) is 0.503. The van der Waals surface area contributed by atoms with Gasteiger partial charge in [0.05, 0.1) is 24.4 Å². The van der Waals surface area contributed by atoms with Crippen molar-refractivity contribution in [3.63, 3.8) is 0 Å². The minimum Gasteiger partial charge on any atom is -0.378 e. The van der Waals surface area contributed by atoms with E-state index >= 15 is 0 Å². The van der Waals surface area contributed by atoms with E-state index in [0.29, 0.717) is 49.8 Å². The molecule has 8 heteroatoms. The molecule has 3 heterocycles. The van der Waals surface area contributed by atoms with Gasteiger partial charge < -0.3 is 15.0 Å². The number of anilines is 2. The van der Waals surface area contributed by atoms with Crippen LogP contribution in [0.5, 0.6) is 0 Å². The van der Waals surface area contributed by atoms with Crippen molar-refractivity contribution in [2.75, 3.05) is 36.5 Å². The molecule has 0 spiro atoms. The zero-order valence-corrected chi connectivity index (χ0v) is 17.3. The van der Waals surface area contributed by atoms with E-state index in [4.69, 9.17) is 14.7 Å². The van der Waals surface area contributed by atoms with Gasteiger partial charge in [0.15, 0.2) is 5.82 Å². The summed E-state index contributed by atoms with van der Waals surface area (Å²) >= 11 is 0. The lowest BCUT2D eigenvalue weighted by atomic mass is 10.1. The summed E-state index contributed by atoms with van der Waals surface area (Å²) in [6.45, 7) is 3.09. The molecule has 0 aliphatic carbocycles. The van der Waals surface area contributed by atoms with E-state index in [0.717, 1.165) is 22.6 Å². The molecule has 6 nitrogen and oxygen atoms in total. The van der Waals surface area contributed by atoms with Crippen molar-refractivity contribution in [3.05, 3.63) is 77.9 Å². The minimum atomic E-state index is -0.288. The van der Waals surface area contributed by atoms with Gasteiger partial charge in [-0.15, -0.1) is 0 Å². The minimum absolute atomic E-state index is 0.270. The van der Waals surface area contributed by atoms with E-state index in [-0.39, 0.29) is 11.6 Å². The Kier molecular flexibility index (Phi) is 5.60. The van der Waals surface area contributed by atoms with Gasteiger partial charge in [0.25, 0.3) is 0 Å². The van der Waals surface area contributed by atoms with Gasteiger partial charge in [-0.1, -0.05) is 12.1 Å². The van der Waals surface area contributed by atoms with E-state index in [1.54, 1.807) is 24.3 Å².